The summed E-state index contributed by atoms with van der Waals surface area (Å²) >= 11 is 0. The van der Waals surface area contributed by atoms with Gasteiger partial charge in [-0.1, -0.05) is 30.3 Å². The van der Waals surface area contributed by atoms with Crippen LogP contribution in [0.5, 0.6) is 11.5 Å². The van der Waals surface area contributed by atoms with E-state index in [0.29, 0.717) is 56.5 Å². The van der Waals surface area contributed by atoms with Crippen LogP contribution in [0.2, 0.25) is 0 Å². The largest absolute Gasteiger partial charge is 0.486 e. The second-order valence-corrected chi connectivity index (χ2v) is 8.76. The van der Waals surface area contributed by atoms with E-state index in [2.05, 4.69) is 0 Å². The van der Waals surface area contributed by atoms with Crippen molar-refractivity contribution in [1.82, 2.24) is 9.21 Å². The normalized spacial score (nSPS) is 17.4. The molecule has 148 valence electrons. The zero-order valence-electron chi connectivity index (χ0n) is 15.4. The third-order valence-corrected chi connectivity index (χ3v) is 6.75. The molecule has 0 atom stereocenters. The van der Waals surface area contributed by atoms with Crippen LogP contribution in [0.1, 0.15) is 15.9 Å². The maximum absolute atomic E-state index is 12.8. The van der Waals surface area contributed by atoms with Gasteiger partial charge in [-0.05, 0) is 23.8 Å². The molecule has 2 aliphatic heterocycles. The predicted molar refractivity (Wildman–Crippen MR) is 104 cm³/mol. The summed E-state index contributed by atoms with van der Waals surface area (Å²) in [7, 11) is -3.40. The maximum atomic E-state index is 12.8. The molecule has 2 aliphatic rings. The third kappa shape index (κ3) is 3.98. The maximum Gasteiger partial charge on any atom is 0.254 e. The van der Waals surface area contributed by atoms with Crippen molar-refractivity contribution in [2.45, 2.75) is 5.75 Å². The van der Waals surface area contributed by atoms with Crippen molar-refractivity contribution < 1.29 is 22.7 Å². The van der Waals surface area contributed by atoms with Crippen molar-refractivity contribution in [3.8, 4) is 11.5 Å². The van der Waals surface area contributed by atoms with Crippen LogP contribution < -0.4 is 9.47 Å². The van der Waals surface area contributed by atoms with E-state index in [0.717, 1.165) is 5.56 Å². The third-order valence-electron chi connectivity index (χ3n) is 4.90. The minimum Gasteiger partial charge on any atom is -0.486 e. The summed E-state index contributed by atoms with van der Waals surface area (Å²) in [5.41, 5.74) is 1.28. The minimum atomic E-state index is -3.40. The highest BCUT2D eigenvalue weighted by Gasteiger charge is 2.29. The van der Waals surface area contributed by atoms with E-state index in [1.54, 1.807) is 35.2 Å². The molecule has 2 heterocycles. The highest BCUT2D eigenvalue weighted by Crippen LogP contribution is 2.31. The van der Waals surface area contributed by atoms with Gasteiger partial charge in [0.1, 0.15) is 13.2 Å². The molecular weight excluding hydrogens is 380 g/mol. The van der Waals surface area contributed by atoms with E-state index >= 15 is 0 Å². The zero-order chi connectivity index (χ0) is 19.6. The number of sulfonamides is 1. The van der Waals surface area contributed by atoms with Crippen molar-refractivity contribution in [2.75, 3.05) is 39.4 Å². The van der Waals surface area contributed by atoms with Crippen LogP contribution in [0, 0.1) is 0 Å². The molecule has 0 radical (unpaired) electrons. The Labute approximate surface area is 164 Å². The summed E-state index contributed by atoms with van der Waals surface area (Å²) in [6.45, 7) is 2.28. The molecule has 7 nitrogen and oxygen atoms in total. The summed E-state index contributed by atoms with van der Waals surface area (Å²) in [5, 5.41) is 0. The van der Waals surface area contributed by atoms with Crippen LogP contribution in [0.25, 0.3) is 0 Å². The van der Waals surface area contributed by atoms with Crippen LogP contribution in [0.15, 0.2) is 48.5 Å². The summed E-state index contributed by atoms with van der Waals surface area (Å²) in [4.78, 5) is 14.5. The quantitative estimate of drug-likeness (QED) is 0.779. The summed E-state index contributed by atoms with van der Waals surface area (Å²) in [5.74, 6) is 1.06. The van der Waals surface area contributed by atoms with Gasteiger partial charge in [0.2, 0.25) is 10.0 Å². The van der Waals surface area contributed by atoms with E-state index in [1.165, 1.54) is 4.31 Å². The van der Waals surface area contributed by atoms with Gasteiger partial charge in [-0.15, -0.1) is 0 Å². The predicted octanol–water partition coefficient (Wildman–Crippen LogP) is 1.75. The molecule has 0 aromatic heterocycles. The lowest BCUT2D eigenvalue weighted by molar-refractivity contribution is 0.0696. The van der Waals surface area contributed by atoms with Gasteiger partial charge >= 0.3 is 0 Å². The Kier molecular flexibility index (Phi) is 5.23. The zero-order valence-corrected chi connectivity index (χ0v) is 16.2. The molecule has 0 bridgehead atoms. The average molecular weight is 402 g/mol. The highest BCUT2D eigenvalue weighted by atomic mass is 32.2. The summed E-state index contributed by atoms with van der Waals surface area (Å²) < 4.78 is 37.8. The molecule has 1 fully saturated rings. The number of carbonyl (C=O) groups excluding carboxylic acids is 1. The second-order valence-electron chi connectivity index (χ2n) is 6.79. The molecule has 2 aromatic rings. The minimum absolute atomic E-state index is 0.0239. The Balaban J connectivity index is 1.39. The second kappa shape index (κ2) is 7.81. The first kappa shape index (κ1) is 18.8. The van der Waals surface area contributed by atoms with Gasteiger partial charge in [0.15, 0.2) is 11.5 Å². The number of benzene rings is 2. The smallest absolute Gasteiger partial charge is 0.254 e. The molecule has 8 heteroatoms. The van der Waals surface area contributed by atoms with Gasteiger partial charge in [0, 0.05) is 31.7 Å². The van der Waals surface area contributed by atoms with Crippen LogP contribution in [0.3, 0.4) is 0 Å². The topological polar surface area (TPSA) is 76.2 Å². The monoisotopic (exact) mass is 402 g/mol. The van der Waals surface area contributed by atoms with Gasteiger partial charge < -0.3 is 14.4 Å². The molecule has 1 amide bonds. The molecule has 0 saturated carbocycles. The fourth-order valence-corrected chi connectivity index (χ4v) is 4.92. The molecule has 0 unspecified atom stereocenters. The van der Waals surface area contributed by atoms with Crippen LogP contribution in [-0.2, 0) is 15.8 Å². The Morgan fingerprint density at radius 1 is 0.893 bits per heavy atom. The number of piperazine rings is 1. The molecule has 1 saturated heterocycles. The lowest BCUT2D eigenvalue weighted by atomic mass is 10.1. The van der Waals surface area contributed by atoms with E-state index < -0.39 is 10.0 Å². The number of rotatable bonds is 4. The van der Waals surface area contributed by atoms with Crippen molar-refractivity contribution >= 4 is 15.9 Å². The van der Waals surface area contributed by atoms with E-state index in [1.807, 2.05) is 18.2 Å². The van der Waals surface area contributed by atoms with E-state index in [9.17, 15) is 13.2 Å². The van der Waals surface area contributed by atoms with Crippen LogP contribution in [0.4, 0.5) is 0 Å². The number of ether oxygens (including phenoxy) is 2. The van der Waals surface area contributed by atoms with Gasteiger partial charge in [-0.2, -0.15) is 4.31 Å². The van der Waals surface area contributed by atoms with Crippen LogP contribution in [-0.4, -0.2) is 62.9 Å². The molecule has 0 spiro atoms. The van der Waals surface area contributed by atoms with E-state index in [4.69, 9.17) is 9.47 Å². The number of hydrogen-bond acceptors (Lipinski definition) is 5. The molecule has 0 aliphatic carbocycles. The first-order chi connectivity index (χ1) is 13.5. The summed E-state index contributed by atoms with van der Waals surface area (Å²) in [6.07, 6.45) is 0. The highest BCUT2D eigenvalue weighted by molar-refractivity contribution is 7.88. The van der Waals surface area contributed by atoms with Gasteiger partial charge in [0.05, 0.1) is 5.75 Å². The lowest BCUT2D eigenvalue weighted by Gasteiger charge is -2.34. The number of amides is 1. The fraction of sp³-hybridized carbons (Fsp3) is 0.350. The Hall–Kier alpha value is -2.58. The standard InChI is InChI=1S/C20H22N2O5S/c23-20(17-6-7-18-19(14-17)27-13-12-26-18)21-8-10-22(11-9-21)28(24,25)15-16-4-2-1-3-5-16/h1-7,14H,8-13,15H2. The molecular formula is C20H22N2O5S. The number of nitrogens with zero attached hydrogens (tertiary/aromatic N) is 2. The number of hydrogen-bond donors (Lipinski definition) is 0. The van der Waals surface area contributed by atoms with Crippen molar-refractivity contribution in [1.29, 1.82) is 0 Å². The Morgan fingerprint density at radius 3 is 2.29 bits per heavy atom. The van der Waals surface area contributed by atoms with Gasteiger partial charge in [-0.25, -0.2) is 8.42 Å². The first-order valence-electron chi connectivity index (χ1n) is 9.24. The van der Waals surface area contributed by atoms with Crippen LogP contribution >= 0.6 is 0 Å². The Morgan fingerprint density at radius 2 is 1.57 bits per heavy atom. The first-order valence-corrected chi connectivity index (χ1v) is 10.8. The van der Waals surface area contributed by atoms with Gasteiger partial charge in [-0.3, -0.25) is 4.79 Å². The number of fused-ring (bicyclic) bond motifs is 1. The number of carbonyl (C=O) groups is 1. The summed E-state index contributed by atoms with van der Waals surface area (Å²) in [6, 6.07) is 14.3. The molecule has 2 aromatic carbocycles. The molecule has 4 rings (SSSR count). The fourth-order valence-electron chi connectivity index (χ4n) is 3.40. The molecule has 28 heavy (non-hydrogen) atoms. The average Bonchev–Trinajstić information content (AvgIpc) is 2.73. The Bertz CT molecular complexity index is 954. The molecule has 0 N–H and O–H groups in total. The van der Waals surface area contributed by atoms with Gasteiger partial charge in [0.25, 0.3) is 5.91 Å². The SMILES string of the molecule is O=C(c1ccc2c(c1)OCCO2)N1CCN(S(=O)(=O)Cc2ccccc2)CC1. The lowest BCUT2D eigenvalue weighted by Crippen LogP contribution is -2.50. The van der Waals surface area contributed by atoms with Crippen molar-refractivity contribution in [2.24, 2.45) is 0 Å². The van der Waals surface area contributed by atoms with Crippen molar-refractivity contribution in [3.63, 3.8) is 0 Å². The van der Waals surface area contributed by atoms with E-state index in [-0.39, 0.29) is 11.7 Å². The van der Waals surface area contributed by atoms with Crippen molar-refractivity contribution in [3.05, 3.63) is 59.7 Å².